The van der Waals surface area contributed by atoms with E-state index in [1.807, 2.05) is 12.1 Å². The van der Waals surface area contributed by atoms with Crippen LogP contribution in [0.5, 0.6) is 0 Å². The molecule has 0 saturated carbocycles. The first kappa shape index (κ1) is 11.6. The van der Waals surface area contributed by atoms with E-state index in [1.165, 1.54) is 12.1 Å². The van der Waals surface area contributed by atoms with Crippen LogP contribution in [0.1, 0.15) is 25.3 Å². The van der Waals surface area contributed by atoms with Gasteiger partial charge in [0.2, 0.25) is 0 Å². The van der Waals surface area contributed by atoms with E-state index in [0.29, 0.717) is 12.1 Å². The quantitative estimate of drug-likeness (QED) is 0.850. The number of nitrogens with one attached hydrogen (secondary N) is 1. The zero-order valence-corrected chi connectivity index (χ0v) is 9.58. The summed E-state index contributed by atoms with van der Waals surface area (Å²) in [7, 11) is 0. The van der Waals surface area contributed by atoms with Gasteiger partial charge in [-0.2, -0.15) is 0 Å². The zero-order chi connectivity index (χ0) is 11.4. The fourth-order valence-corrected chi connectivity index (χ4v) is 2.05. The van der Waals surface area contributed by atoms with Gasteiger partial charge in [0.05, 0.1) is 6.10 Å². The standard InChI is InChI=1S/C13H18FNO/c1-10-8-13(6-7-16-10)15-9-11-2-4-12(14)5-3-11/h2-5,10,13,15H,6-9H2,1H3. The molecule has 1 aromatic rings. The van der Waals surface area contributed by atoms with Gasteiger partial charge in [0, 0.05) is 19.2 Å². The molecular weight excluding hydrogens is 205 g/mol. The second kappa shape index (κ2) is 5.41. The molecule has 88 valence electrons. The lowest BCUT2D eigenvalue weighted by Crippen LogP contribution is -2.37. The van der Waals surface area contributed by atoms with E-state index >= 15 is 0 Å². The first-order valence-electron chi connectivity index (χ1n) is 5.83. The van der Waals surface area contributed by atoms with Gasteiger partial charge in [0.1, 0.15) is 5.82 Å². The molecule has 2 unspecified atom stereocenters. The van der Waals surface area contributed by atoms with E-state index in [0.717, 1.165) is 31.6 Å². The van der Waals surface area contributed by atoms with Gasteiger partial charge in [-0.05, 0) is 37.5 Å². The van der Waals surface area contributed by atoms with Crippen LogP contribution in [0.15, 0.2) is 24.3 Å². The maximum Gasteiger partial charge on any atom is 0.123 e. The van der Waals surface area contributed by atoms with Crippen molar-refractivity contribution in [1.29, 1.82) is 0 Å². The number of halogens is 1. The summed E-state index contributed by atoms with van der Waals surface area (Å²) in [6.07, 6.45) is 2.46. The van der Waals surface area contributed by atoms with E-state index in [2.05, 4.69) is 12.2 Å². The largest absolute Gasteiger partial charge is 0.378 e. The second-order valence-electron chi connectivity index (χ2n) is 4.41. The molecule has 0 amide bonds. The van der Waals surface area contributed by atoms with E-state index in [1.54, 1.807) is 0 Å². The molecule has 3 heteroatoms. The fourth-order valence-electron chi connectivity index (χ4n) is 2.05. The van der Waals surface area contributed by atoms with Gasteiger partial charge in [-0.15, -0.1) is 0 Å². The van der Waals surface area contributed by atoms with Crippen LogP contribution in [0.2, 0.25) is 0 Å². The van der Waals surface area contributed by atoms with Crippen molar-refractivity contribution in [3.63, 3.8) is 0 Å². The van der Waals surface area contributed by atoms with Crippen LogP contribution in [-0.2, 0) is 11.3 Å². The Morgan fingerprint density at radius 1 is 1.38 bits per heavy atom. The summed E-state index contributed by atoms with van der Waals surface area (Å²) in [6.45, 7) is 3.74. The van der Waals surface area contributed by atoms with Crippen molar-refractivity contribution in [3.05, 3.63) is 35.6 Å². The normalized spacial score (nSPS) is 25.6. The molecule has 0 spiro atoms. The molecule has 1 aromatic carbocycles. The van der Waals surface area contributed by atoms with Gasteiger partial charge in [-0.1, -0.05) is 12.1 Å². The Morgan fingerprint density at radius 3 is 2.81 bits per heavy atom. The van der Waals surface area contributed by atoms with Crippen LogP contribution in [0.3, 0.4) is 0 Å². The number of ether oxygens (including phenoxy) is 1. The topological polar surface area (TPSA) is 21.3 Å². The molecule has 1 heterocycles. The molecule has 1 saturated heterocycles. The van der Waals surface area contributed by atoms with Crippen LogP contribution in [0.4, 0.5) is 4.39 Å². The smallest absolute Gasteiger partial charge is 0.123 e. The number of hydrogen-bond donors (Lipinski definition) is 1. The minimum absolute atomic E-state index is 0.177. The minimum atomic E-state index is -0.177. The predicted molar refractivity (Wildman–Crippen MR) is 61.7 cm³/mol. The molecule has 0 aromatic heterocycles. The van der Waals surface area contributed by atoms with Crippen LogP contribution in [-0.4, -0.2) is 18.8 Å². The Balaban J connectivity index is 1.80. The van der Waals surface area contributed by atoms with Gasteiger partial charge >= 0.3 is 0 Å². The van der Waals surface area contributed by atoms with E-state index in [9.17, 15) is 4.39 Å². The Hall–Kier alpha value is -0.930. The zero-order valence-electron chi connectivity index (χ0n) is 9.58. The molecule has 0 aliphatic carbocycles. The fraction of sp³-hybridized carbons (Fsp3) is 0.538. The Labute approximate surface area is 95.8 Å². The lowest BCUT2D eigenvalue weighted by molar-refractivity contribution is 0.0130. The monoisotopic (exact) mass is 223 g/mol. The Bertz CT molecular complexity index is 325. The van der Waals surface area contributed by atoms with Crippen LogP contribution in [0.25, 0.3) is 0 Å². The average molecular weight is 223 g/mol. The van der Waals surface area contributed by atoms with Crippen molar-refractivity contribution in [2.45, 2.75) is 38.5 Å². The lowest BCUT2D eigenvalue weighted by Gasteiger charge is -2.28. The highest BCUT2D eigenvalue weighted by molar-refractivity contribution is 5.15. The van der Waals surface area contributed by atoms with Crippen molar-refractivity contribution < 1.29 is 9.13 Å². The summed E-state index contributed by atoms with van der Waals surface area (Å²) in [5.74, 6) is -0.177. The lowest BCUT2D eigenvalue weighted by atomic mass is 10.0. The SMILES string of the molecule is CC1CC(NCc2ccc(F)cc2)CCO1. The molecule has 1 aliphatic heterocycles. The Morgan fingerprint density at radius 2 is 2.12 bits per heavy atom. The van der Waals surface area contributed by atoms with E-state index in [4.69, 9.17) is 4.74 Å². The number of hydrogen-bond acceptors (Lipinski definition) is 2. The van der Waals surface area contributed by atoms with Crippen molar-refractivity contribution in [3.8, 4) is 0 Å². The molecule has 1 N–H and O–H groups in total. The van der Waals surface area contributed by atoms with E-state index < -0.39 is 0 Å². The summed E-state index contributed by atoms with van der Waals surface area (Å²) in [6, 6.07) is 7.18. The summed E-state index contributed by atoms with van der Waals surface area (Å²) >= 11 is 0. The third-order valence-corrected chi connectivity index (χ3v) is 2.99. The van der Waals surface area contributed by atoms with E-state index in [-0.39, 0.29) is 5.82 Å². The third-order valence-electron chi connectivity index (χ3n) is 2.99. The van der Waals surface area contributed by atoms with Gasteiger partial charge in [0.25, 0.3) is 0 Å². The van der Waals surface area contributed by atoms with Crippen LogP contribution < -0.4 is 5.32 Å². The molecule has 1 fully saturated rings. The molecule has 2 rings (SSSR count). The highest BCUT2D eigenvalue weighted by Crippen LogP contribution is 2.13. The molecule has 2 nitrogen and oxygen atoms in total. The molecule has 2 atom stereocenters. The van der Waals surface area contributed by atoms with Crippen molar-refractivity contribution in [2.24, 2.45) is 0 Å². The Kier molecular flexibility index (Phi) is 3.91. The first-order chi connectivity index (χ1) is 7.74. The highest BCUT2D eigenvalue weighted by atomic mass is 19.1. The summed E-state index contributed by atoms with van der Waals surface area (Å²) < 4.78 is 18.2. The first-order valence-corrected chi connectivity index (χ1v) is 5.83. The van der Waals surface area contributed by atoms with Crippen LogP contribution >= 0.6 is 0 Å². The van der Waals surface area contributed by atoms with Gasteiger partial charge in [-0.25, -0.2) is 4.39 Å². The molecule has 0 radical (unpaired) electrons. The van der Waals surface area contributed by atoms with Crippen molar-refractivity contribution in [2.75, 3.05) is 6.61 Å². The molecule has 0 bridgehead atoms. The second-order valence-corrected chi connectivity index (χ2v) is 4.41. The molecule has 16 heavy (non-hydrogen) atoms. The summed E-state index contributed by atoms with van der Waals surface area (Å²) in [5.41, 5.74) is 1.13. The number of rotatable bonds is 3. The van der Waals surface area contributed by atoms with Gasteiger partial charge in [-0.3, -0.25) is 0 Å². The van der Waals surface area contributed by atoms with Crippen molar-refractivity contribution >= 4 is 0 Å². The summed E-state index contributed by atoms with van der Waals surface area (Å²) in [4.78, 5) is 0. The van der Waals surface area contributed by atoms with Crippen molar-refractivity contribution in [1.82, 2.24) is 5.32 Å². The average Bonchev–Trinajstić information content (AvgIpc) is 2.28. The maximum absolute atomic E-state index is 12.7. The minimum Gasteiger partial charge on any atom is -0.378 e. The molecule has 1 aliphatic rings. The van der Waals surface area contributed by atoms with Gasteiger partial charge in [0.15, 0.2) is 0 Å². The number of benzene rings is 1. The maximum atomic E-state index is 12.7. The van der Waals surface area contributed by atoms with Crippen LogP contribution in [0, 0.1) is 5.82 Å². The predicted octanol–water partition coefficient (Wildman–Crippen LogP) is 2.48. The highest BCUT2D eigenvalue weighted by Gasteiger charge is 2.18. The van der Waals surface area contributed by atoms with Gasteiger partial charge < -0.3 is 10.1 Å². The third kappa shape index (κ3) is 3.29. The summed E-state index contributed by atoms with van der Waals surface area (Å²) in [5, 5.41) is 3.49. The molecular formula is C13H18FNO.